The van der Waals surface area contributed by atoms with E-state index < -0.39 is 5.60 Å². The highest BCUT2D eigenvalue weighted by Gasteiger charge is 2.21. The molecule has 3 heteroatoms. The number of carbonyl (C=O) groups is 1. The van der Waals surface area contributed by atoms with Crippen molar-refractivity contribution in [3.63, 3.8) is 0 Å². The fraction of sp³-hybridized carbons (Fsp3) is 0.235. The molecule has 0 aliphatic heterocycles. The molecule has 2 rings (SSSR count). The zero-order chi connectivity index (χ0) is 14.8. The molecular formula is C17H17BrO2. The lowest BCUT2D eigenvalue weighted by Crippen LogP contribution is -2.24. The molecule has 2 nitrogen and oxygen atoms in total. The van der Waals surface area contributed by atoms with Crippen LogP contribution in [0.15, 0.2) is 53.0 Å². The fourth-order valence-corrected chi connectivity index (χ4v) is 2.41. The van der Waals surface area contributed by atoms with Crippen molar-refractivity contribution < 1.29 is 9.53 Å². The Bertz CT molecular complexity index is 627. The highest BCUT2D eigenvalue weighted by molar-refractivity contribution is 9.10. The minimum Gasteiger partial charge on any atom is -0.456 e. The van der Waals surface area contributed by atoms with Gasteiger partial charge in [-0.2, -0.15) is 0 Å². The third kappa shape index (κ3) is 3.48. The number of rotatable bonds is 2. The largest absolute Gasteiger partial charge is 0.456 e. The van der Waals surface area contributed by atoms with Crippen molar-refractivity contribution in [2.75, 3.05) is 0 Å². The Morgan fingerprint density at radius 1 is 0.950 bits per heavy atom. The molecule has 0 aromatic heterocycles. The van der Waals surface area contributed by atoms with Crippen LogP contribution in [0.1, 0.15) is 31.1 Å². The van der Waals surface area contributed by atoms with Gasteiger partial charge in [-0.25, -0.2) is 4.79 Å². The lowest BCUT2D eigenvalue weighted by molar-refractivity contribution is 0.00705. The first-order valence-corrected chi connectivity index (χ1v) is 7.25. The molecule has 20 heavy (non-hydrogen) atoms. The lowest BCUT2D eigenvalue weighted by atomic mass is 9.99. The predicted molar refractivity (Wildman–Crippen MR) is 84.7 cm³/mol. The van der Waals surface area contributed by atoms with E-state index in [1.807, 2.05) is 63.2 Å². The minimum atomic E-state index is -0.502. The Morgan fingerprint density at radius 2 is 1.50 bits per heavy atom. The van der Waals surface area contributed by atoms with Crippen LogP contribution >= 0.6 is 15.9 Å². The highest BCUT2D eigenvalue weighted by Crippen LogP contribution is 2.31. The zero-order valence-electron chi connectivity index (χ0n) is 11.8. The minimum absolute atomic E-state index is 0.302. The Balaban J connectivity index is 2.47. The van der Waals surface area contributed by atoms with Crippen molar-refractivity contribution in [2.24, 2.45) is 0 Å². The van der Waals surface area contributed by atoms with Gasteiger partial charge in [0.2, 0.25) is 0 Å². The number of benzene rings is 2. The van der Waals surface area contributed by atoms with Crippen molar-refractivity contribution in [3.8, 4) is 11.1 Å². The van der Waals surface area contributed by atoms with Crippen molar-refractivity contribution in [1.82, 2.24) is 0 Å². The maximum absolute atomic E-state index is 12.3. The molecule has 0 heterocycles. The number of esters is 1. The van der Waals surface area contributed by atoms with Crippen LogP contribution in [-0.4, -0.2) is 11.6 Å². The predicted octanol–water partition coefficient (Wildman–Crippen LogP) is 5.07. The van der Waals surface area contributed by atoms with Crippen LogP contribution in [-0.2, 0) is 4.74 Å². The Kier molecular flexibility index (Phi) is 4.29. The molecule has 2 aromatic carbocycles. The van der Waals surface area contributed by atoms with Gasteiger partial charge < -0.3 is 4.74 Å². The standard InChI is InChI=1S/C17H17BrO2/c1-17(2,3)20-16(19)14-10-5-4-8-12(14)13-9-6-7-11-15(13)18/h4-11H,1-3H3. The number of carbonyl (C=O) groups excluding carboxylic acids is 1. The van der Waals surface area contributed by atoms with Crippen LogP contribution in [0.4, 0.5) is 0 Å². The van der Waals surface area contributed by atoms with Gasteiger partial charge in [0.1, 0.15) is 5.60 Å². The molecule has 0 spiro atoms. The molecule has 0 fully saturated rings. The van der Waals surface area contributed by atoms with Crippen molar-refractivity contribution in [2.45, 2.75) is 26.4 Å². The molecular weight excluding hydrogens is 316 g/mol. The van der Waals surface area contributed by atoms with Gasteiger partial charge in [-0.1, -0.05) is 52.3 Å². The number of halogens is 1. The lowest BCUT2D eigenvalue weighted by Gasteiger charge is -2.20. The third-order valence-corrected chi connectivity index (χ3v) is 3.40. The summed E-state index contributed by atoms with van der Waals surface area (Å²) in [6.45, 7) is 5.60. The molecule has 0 radical (unpaired) electrons. The second-order valence-electron chi connectivity index (χ2n) is 5.53. The highest BCUT2D eigenvalue weighted by atomic mass is 79.9. The van der Waals surface area contributed by atoms with Crippen LogP contribution in [0.5, 0.6) is 0 Å². The van der Waals surface area contributed by atoms with Gasteiger partial charge in [0.25, 0.3) is 0 Å². The van der Waals surface area contributed by atoms with E-state index in [-0.39, 0.29) is 5.97 Å². The third-order valence-electron chi connectivity index (χ3n) is 2.71. The van der Waals surface area contributed by atoms with E-state index in [4.69, 9.17) is 4.74 Å². The van der Waals surface area contributed by atoms with E-state index in [0.717, 1.165) is 15.6 Å². The van der Waals surface area contributed by atoms with E-state index in [9.17, 15) is 4.79 Å². The monoisotopic (exact) mass is 332 g/mol. The van der Waals surface area contributed by atoms with Gasteiger partial charge in [0.05, 0.1) is 5.56 Å². The summed E-state index contributed by atoms with van der Waals surface area (Å²) >= 11 is 3.53. The Labute approximate surface area is 127 Å². The Morgan fingerprint density at radius 3 is 2.10 bits per heavy atom. The topological polar surface area (TPSA) is 26.3 Å². The molecule has 2 aromatic rings. The maximum Gasteiger partial charge on any atom is 0.339 e. The van der Waals surface area contributed by atoms with E-state index >= 15 is 0 Å². The van der Waals surface area contributed by atoms with Crippen LogP contribution in [0.2, 0.25) is 0 Å². The average molecular weight is 333 g/mol. The van der Waals surface area contributed by atoms with Crippen LogP contribution in [0.3, 0.4) is 0 Å². The SMILES string of the molecule is CC(C)(C)OC(=O)c1ccccc1-c1ccccc1Br. The van der Waals surface area contributed by atoms with Crippen LogP contribution < -0.4 is 0 Å². The first-order chi connectivity index (χ1) is 9.38. The summed E-state index contributed by atoms with van der Waals surface area (Å²) in [7, 11) is 0. The molecule has 0 N–H and O–H groups in total. The van der Waals surface area contributed by atoms with Gasteiger partial charge in [-0.15, -0.1) is 0 Å². The summed E-state index contributed by atoms with van der Waals surface area (Å²) in [5.41, 5.74) is 1.93. The smallest absolute Gasteiger partial charge is 0.339 e. The second-order valence-corrected chi connectivity index (χ2v) is 6.38. The van der Waals surface area contributed by atoms with Gasteiger partial charge in [-0.05, 0) is 44.0 Å². The van der Waals surface area contributed by atoms with E-state index in [1.54, 1.807) is 6.07 Å². The summed E-state index contributed by atoms with van der Waals surface area (Å²) in [5.74, 6) is -0.302. The first-order valence-electron chi connectivity index (χ1n) is 6.46. The van der Waals surface area contributed by atoms with E-state index in [1.165, 1.54) is 0 Å². The first kappa shape index (κ1) is 14.8. The average Bonchev–Trinajstić information content (AvgIpc) is 2.37. The molecule has 0 unspecified atom stereocenters. The molecule has 104 valence electrons. The summed E-state index contributed by atoms with van der Waals surface area (Å²) in [4.78, 5) is 12.3. The van der Waals surface area contributed by atoms with Gasteiger partial charge >= 0.3 is 5.97 Å². The van der Waals surface area contributed by atoms with Crippen LogP contribution in [0, 0.1) is 0 Å². The molecule has 0 aliphatic rings. The fourth-order valence-electron chi connectivity index (χ4n) is 1.91. The van der Waals surface area contributed by atoms with E-state index in [2.05, 4.69) is 15.9 Å². The van der Waals surface area contributed by atoms with Gasteiger partial charge in [-0.3, -0.25) is 0 Å². The molecule has 0 saturated heterocycles. The van der Waals surface area contributed by atoms with Gasteiger partial charge in [0.15, 0.2) is 0 Å². The maximum atomic E-state index is 12.3. The second kappa shape index (κ2) is 5.80. The summed E-state index contributed by atoms with van der Waals surface area (Å²) < 4.78 is 6.43. The number of hydrogen-bond acceptors (Lipinski definition) is 2. The molecule has 0 aliphatic carbocycles. The number of ether oxygens (including phenoxy) is 1. The quantitative estimate of drug-likeness (QED) is 0.717. The van der Waals surface area contributed by atoms with E-state index in [0.29, 0.717) is 5.56 Å². The number of hydrogen-bond donors (Lipinski definition) is 0. The molecule has 0 amide bonds. The molecule has 0 atom stereocenters. The summed E-state index contributed by atoms with van der Waals surface area (Å²) in [6, 6.07) is 15.3. The van der Waals surface area contributed by atoms with Gasteiger partial charge in [0, 0.05) is 4.47 Å². The zero-order valence-corrected chi connectivity index (χ0v) is 13.4. The summed E-state index contributed by atoms with van der Waals surface area (Å²) in [6.07, 6.45) is 0. The summed E-state index contributed by atoms with van der Waals surface area (Å²) in [5, 5.41) is 0. The molecule has 0 bridgehead atoms. The van der Waals surface area contributed by atoms with Crippen molar-refractivity contribution >= 4 is 21.9 Å². The van der Waals surface area contributed by atoms with Crippen LogP contribution in [0.25, 0.3) is 11.1 Å². The Hall–Kier alpha value is -1.61. The normalized spacial score (nSPS) is 11.2. The van der Waals surface area contributed by atoms with Crippen molar-refractivity contribution in [1.29, 1.82) is 0 Å². The van der Waals surface area contributed by atoms with Crippen molar-refractivity contribution in [3.05, 3.63) is 58.6 Å². The molecule has 0 saturated carbocycles.